The van der Waals surface area contributed by atoms with Gasteiger partial charge in [-0.05, 0) is 18.4 Å². The molecule has 1 amide bonds. The largest absolute Gasteiger partial charge is 0.356 e. The summed E-state index contributed by atoms with van der Waals surface area (Å²) in [4.78, 5) is 12.0. The number of nitrogens with one attached hydrogen (secondary N) is 1. The lowest BCUT2D eigenvalue weighted by molar-refractivity contribution is -0.125. The Morgan fingerprint density at radius 1 is 1.37 bits per heavy atom. The zero-order valence-electron chi connectivity index (χ0n) is 11.4. The molecular weight excluding hydrogens is 236 g/mol. The number of carbonyl (C=O) groups is 1. The fourth-order valence-corrected chi connectivity index (χ4v) is 1.85. The van der Waals surface area contributed by atoms with Gasteiger partial charge in [0, 0.05) is 19.0 Å². The third-order valence-electron chi connectivity index (χ3n) is 3.18. The van der Waals surface area contributed by atoms with Gasteiger partial charge in [-0.2, -0.15) is 0 Å². The summed E-state index contributed by atoms with van der Waals surface area (Å²) < 4.78 is 0. The molecule has 0 heterocycles. The van der Waals surface area contributed by atoms with Gasteiger partial charge in [0.15, 0.2) is 0 Å². The Bertz CT molecular complexity index is 422. The molecule has 2 atom stereocenters. The van der Waals surface area contributed by atoms with E-state index in [1.165, 1.54) is 0 Å². The maximum absolute atomic E-state index is 12.0. The number of hydrogen-bond donors (Lipinski definition) is 2. The van der Waals surface area contributed by atoms with E-state index >= 15 is 0 Å². The molecule has 3 N–H and O–H groups in total. The van der Waals surface area contributed by atoms with Crippen molar-refractivity contribution in [3.63, 3.8) is 0 Å². The lowest BCUT2D eigenvalue weighted by Crippen LogP contribution is -2.36. The van der Waals surface area contributed by atoms with Gasteiger partial charge in [0.2, 0.25) is 5.91 Å². The van der Waals surface area contributed by atoms with Crippen LogP contribution in [0, 0.1) is 18.3 Å². The summed E-state index contributed by atoms with van der Waals surface area (Å²) in [5, 5.41) is 2.90. The van der Waals surface area contributed by atoms with E-state index in [4.69, 9.17) is 12.2 Å². The van der Waals surface area contributed by atoms with E-state index in [1.807, 2.05) is 37.3 Å². The molecule has 0 fully saturated rings. The SMILES string of the molecule is C#CCCCCNC(=O)C(C)C(N)c1ccccc1. The topological polar surface area (TPSA) is 55.1 Å². The van der Waals surface area contributed by atoms with Crippen LogP contribution in [0.25, 0.3) is 0 Å². The summed E-state index contributed by atoms with van der Waals surface area (Å²) in [5.74, 6) is 2.34. The normalized spacial score (nSPS) is 13.3. The van der Waals surface area contributed by atoms with Crippen LogP contribution in [0.2, 0.25) is 0 Å². The average molecular weight is 258 g/mol. The molecule has 1 aromatic carbocycles. The summed E-state index contributed by atoms with van der Waals surface area (Å²) in [6.07, 6.45) is 7.77. The second kappa shape index (κ2) is 8.34. The zero-order chi connectivity index (χ0) is 14.1. The molecule has 1 aromatic rings. The Morgan fingerprint density at radius 3 is 2.68 bits per heavy atom. The highest BCUT2D eigenvalue weighted by atomic mass is 16.1. The van der Waals surface area contributed by atoms with E-state index in [0.29, 0.717) is 6.54 Å². The van der Waals surface area contributed by atoms with Crippen LogP contribution in [0.5, 0.6) is 0 Å². The van der Waals surface area contributed by atoms with Gasteiger partial charge in [0.25, 0.3) is 0 Å². The maximum atomic E-state index is 12.0. The van der Waals surface area contributed by atoms with E-state index in [1.54, 1.807) is 0 Å². The Kier molecular flexibility index (Phi) is 6.70. The summed E-state index contributed by atoms with van der Waals surface area (Å²) >= 11 is 0. The van der Waals surface area contributed by atoms with Crippen LogP contribution >= 0.6 is 0 Å². The fraction of sp³-hybridized carbons (Fsp3) is 0.438. The lowest BCUT2D eigenvalue weighted by atomic mass is 9.94. The van der Waals surface area contributed by atoms with Crippen molar-refractivity contribution in [2.75, 3.05) is 6.54 Å². The molecule has 0 saturated heterocycles. The van der Waals surface area contributed by atoms with Crippen molar-refractivity contribution in [3.05, 3.63) is 35.9 Å². The first-order valence-electron chi connectivity index (χ1n) is 6.68. The molecule has 1 rings (SSSR count). The second-order valence-electron chi connectivity index (χ2n) is 4.68. The van der Waals surface area contributed by atoms with Crippen molar-refractivity contribution in [1.82, 2.24) is 5.32 Å². The Morgan fingerprint density at radius 2 is 2.05 bits per heavy atom. The van der Waals surface area contributed by atoms with Gasteiger partial charge in [0.1, 0.15) is 0 Å². The van der Waals surface area contributed by atoms with E-state index < -0.39 is 0 Å². The van der Waals surface area contributed by atoms with Crippen LogP contribution in [0.1, 0.15) is 37.8 Å². The van der Waals surface area contributed by atoms with E-state index in [9.17, 15) is 4.79 Å². The molecule has 3 heteroatoms. The van der Waals surface area contributed by atoms with Crippen LogP contribution in [-0.4, -0.2) is 12.5 Å². The molecule has 0 spiro atoms. The van der Waals surface area contributed by atoms with E-state index in [2.05, 4.69) is 11.2 Å². The molecule has 102 valence electrons. The fourth-order valence-electron chi connectivity index (χ4n) is 1.85. The van der Waals surface area contributed by atoms with Crippen molar-refractivity contribution >= 4 is 5.91 Å². The van der Waals surface area contributed by atoms with Crippen LogP contribution in [0.4, 0.5) is 0 Å². The number of amides is 1. The molecule has 0 aliphatic carbocycles. The minimum atomic E-state index is -0.271. The molecule has 3 nitrogen and oxygen atoms in total. The monoisotopic (exact) mass is 258 g/mol. The predicted octanol–water partition coefficient (Wildman–Crippen LogP) is 2.24. The van der Waals surface area contributed by atoms with Crippen molar-refractivity contribution in [2.45, 2.75) is 32.2 Å². The first-order valence-corrected chi connectivity index (χ1v) is 6.68. The van der Waals surface area contributed by atoms with Gasteiger partial charge >= 0.3 is 0 Å². The van der Waals surface area contributed by atoms with Gasteiger partial charge in [-0.3, -0.25) is 4.79 Å². The molecule has 0 radical (unpaired) electrons. The summed E-state index contributed by atoms with van der Waals surface area (Å²) in [5.41, 5.74) is 7.09. The van der Waals surface area contributed by atoms with Crippen LogP contribution in [-0.2, 0) is 4.79 Å². The summed E-state index contributed by atoms with van der Waals surface area (Å²) in [6.45, 7) is 2.51. The van der Waals surface area contributed by atoms with E-state index in [0.717, 1.165) is 24.8 Å². The molecule has 2 unspecified atom stereocenters. The third kappa shape index (κ3) is 5.15. The summed E-state index contributed by atoms with van der Waals surface area (Å²) in [7, 11) is 0. The lowest BCUT2D eigenvalue weighted by Gasteiger charge is -2.19. The smallest absolute Gasteiger partial charge is 0.224 e. The Labute approximate surface area is 115 Å². The van der Waals surface area contributed by atoms with Crippen LogP contribution < -0.4 is 11.1 Å². The number of rotatable bonds is 7. The highest BCUT2D eigenvalue weighted by Gasteiger charge is 2.21. The number of hydrogen-bond acceptors (Lipinski definition) is 2. The van der Waals surface area contributed by atoms with Gasteiger partial charge in [-0.25, -0.2) is 0 Å². The number of carbonyl (C=O) groups excluding carboxylic acids is 1. The second-order valence-corrected chi connectivity index (χ2v) is 4.68. The predicted molar refractivity (Wildman–Crippen MR) is 78.2 cm³/mol. The molecule has 0 aliphatic heterocycles. The molecule has 19 heavy (non-hydrogen) atoms. The third-order valence-corrected chi connectivity index (χ3v) is 3.18. The van der Waals surface area contributed by atoms with Crippen LogP contribution in [0.15, 0.2) is 30.3 Å². The minimum Gasteiger partial charge on any atom is -0.356 e. The number of nitrogens with two attached hydrogens (primary N) is 1. The minimum absolute atomic E-state index is 0.00272. The van der Waals surface area contributed by atoms with Crippen LogP contribution in [0.3, 0.4) is 0 Å². The van der Waals surface area contributed by atoms with Crippen molar-refractivity contribution < 1.29 is 4.79 Å². The first-order chi connectivity index (χ1) is 9.16. The molecule has 0 bridgehead atoms. The molecule has 0 aliphatic rings. The Balaban J connectivity index is 2.38. The standard InChI is InChI=1S/C16H22N2O/c1-3-4-5-9-12-18-16(19)13(2)15(17)14-10-7-6-8-11-14/h1,6-8,10-11,13,15H,4-5,9,12,17H2,2H3,(H,18,19). The van der Waals surface area contributed by atoms with Gasteiger partial charge < -0.3 is 11.1 Å². The highest BCUT2D eigenvalue weighted by molar-refractivity contribution is 5.79. The summed E-state index contributed by atoms with van der Waals surface area (Å²) in [6, 6.07) is 9.42. The van der Waals surface area contributed by atoms with E-state index in [-0.39, 0.29) is 17.9 Å². The maximum Gasteiger partial charge on any atom is 0.224 e. The number of unbranched alkanes of at least 4 members (excludes halogenated alkanes) is 2. The quantitative estimate of drug-likeness (QED) is 0.582. The van der Waals surface area contributed by atoms with Gasteiger partial charge in [0.05, 0.1) is 5.92 Å². The van der Waals surface area contributed by atoms with Crippen molar-refractivity contribution in [2.24, 2.45) is 11.7 Å². The molecule has 0 saturated carbocycles. The number of benzene rings is 1. The highest BCUT2D eigenvalue weighted by Crippen LogP contribution is 2.18. The van der Waals surface area contributed by atoms with Crippen molar-refractivity contribution in [1.29, 1.82) is 0 Å². The molecule has 0 aromatic heterocycles. The zero-order valence-corrected chi connectivity index (χ0v) is 11.4. The van der Waals surface area contributed by atoms with Gasteiger partial charge in [-0.15, -0.1) is 12.3 Å². The van der Waals surface area contributed by atoms with Crippen molar-refractivity contribution in [3.8, 4) is 12.3 Å². The van der Waals surface area contributed by atoms with Gasteiger partial charge in [-0.1, -0.05) is 37.3 Å². The first kappa shape index (κ1) is 15.3. The average Bonchev–Trinajstić information content (AvgIpc) is 2.46. The molecular formula is C16H22N2O. The Hall–Kier alpha value is -1.79. The number of terminal acetylenes is 1.